The number of hydrogen-bond donors (Lipinski definition) is 2. The van der Waals surface area contributed by atoms with E-state index in [2.05, 4.69) is 15.2 Å². The van der Waals surface area contributed by atoms with E-state index in [9.17, 15) is 23.3 Å². The first-order valence-electron chi connectivity index (χ1n) is 7.96. The molecule has 0 radical (unpaired) electrons. The lowest BCUT2D eigenvalue weighted by atomic mass is 10.2. The summed E-state index contributed by atoms with van der Waals surface area (Å²) in [7, 11) is -2.49. The lowest BCUT2D eigenvalue weighted by Gasteiger charge is -2.12. The normalized spacial score (nSPS) is 12.5. The van der Waals surface area contributed by atoms with Gasteiger partial charge in [0.1, 0.15) is 5.75 Å². The highest BCUT2D eigenvalue weighted by atomic mass is 32.2. The van der Waals surface area contributed by atoms with Crippen molar-refractivity contribution in [3.63, 3.8) is 0 Å². The van der Waals surface area contributed by atoms with Crippen LogP contribution in [0.5, 0.6) is 5.75 Å². The van der Waals surface area contributed by atoms with Gasteiger partial charge in [-0.2, -0.15) is 9.82 Å². The molecule has 0 saturated carbocycles. The summed E-state index contributed by atoms with van der Waals surface area (Å²) in [6, 6.07) is 10.1. The van der Waals surface area contributed by atoms with E-state index >= 15 is 0 Å². The second-order valence-corrected chi connectivity index (χ2v) is 7.32. The lowest BCUT2D eigenvalue weighted by molar-refractivity contribution is -0.384. The summed E-state index contributed by atoms with van der Waals surface area (Å²) < 4.78 is 31.8. The predicted molar refractivity (Wildman–Crippen MR) is 102 cm³/mol. The number of carbonyl (C=O) groups excluding carboxylic acids is 1. The fourth-order valence-electron chi connectivity index (χ4n) is 2.06. The molecule has 0 saturated heterocycles. The van der Waals surface area contributed by atoms with E-state index in [4.69, 9.17) is 4.74 Å². The van der Waals surface area contributed by atoms with Gasteiger partial charge in [0.15, 0.2) is 0 Å². The van der Waals surface area contributed by atoms with Crippen molar-refractivity contribution in [3.05, 3.63) is 64.2 Å². The number of nitro benzene ring substituents is 1. The van der Waals surface area contributed by atoms with Gasteiger partial charge in [0.2, 0.25) is 10.0 Å². The highest BCUT2D eigenvalue weighted by molar-refractivity contribution is 7.89. The van der Waals surface area contributed by atoms with Crippen LogP contribution < -0.4 is 14.9 Å². The SMILES string of the molecule is COc1ccc(C=NNC(=O)[C@H](C)NS(=O)(=O)c2ccc([N+](=O)[O-])cc2)cc1. The molecule has 10 nitrogen and oxygen atoms in total. The molecule has 2 aromatic rings. The highest BCUT2D eigenvalue weighted by Crippen LogP contribution is 2.16. The first-order valence-corrected chi connectivity index (χ1v) is 9.45. The van der Waals surface area contributed by atoms with Crippen LogP contribution in [0.2, 0.25) is 0 Å². The van der Waals surface area contributed by atoms with E-state index < -0.39 is 26.9 Å². The molecule has 2 N–H and O–H groups in total. The number of methoxy groups -OCH3 is 1. The number of nitrogens with zero attached hydrogens (tertiary/aromatic N) is 2. The third-order valence-corrected chi connectivity index (χ3v) is 5.14. The standard InChI is InChI=1S/C17H18N4O6S/c1-12(17(22)19-18-11-13-3-7-15(27-2)8-4-13)20-28(25,26)16-9-5-14(6-10-16)21(23)24/h3-12,20H,1-2H3,(H,19,22)/t12-/m0/s1. The van der Waals surface area contributed by atoms with Crippen molar-refractivity contribution in [2.75, 3.05) is 7.11 Å². The van der Waals surface area contributed by atoms with Crippen LogP contribution in [0, 0.1) is 10.1 Å². The molecule has 0 aliphatic heterocycles. The molecule has 0 spiro atoms. The van der Waals surface area contributed by atoms with Gasteiger partial charge in [-0.1, -0.05) is 0 Å². The quantitative estimate of drug-likeness (QED) is 0.386. The Hall–Kier alpha value is -3.31. The lowest BCUT2D eigenvalue weighted by Crippen LogP contribution is -2.43. The molecule has 11 heteroatoms. The largest absolute Gasteiger partial charge is 0.497 e. The third-order valence-electron chi connectivity index (χ3n) is 3.59. The number of nitrogens with one attached hydrogen (secondary N) is 2. The van der Waals surface area contributed by atoms with E-state index in [0.717, 1.165) is 24.3 Å². The van der Waals surface area contributed by atoms with Crippen LogP contribution in [0.3, 0.4) is 0 Å². The van der Waals surface area contributed by atoms with Crippen LogP contribution in [0.15, 0.2) is 58.5 Å². The van der Waals surface area contributed by atoms with E-state index in [-0.39, 0.29) is 10.6 Å². The van der Waals surface area contributed by atoms with Gasteiger partial charge in [-0.25, -0.2) is 13.8 Å². The maximum atomic E-state index is 12.3. The zero-order valence-electron chi connectivity index (χ0n) is 15.0. The molecule has 2 rings (SSSR count). The summed E-state index contributed by atoms with van der Waals surface area (Å²) >= 11 is 0. The highest BCUT2D eigenvalue weighted by Gasteiger charge is 2.22. The first-order chi connectivity index (χ1) is 13.2. The zero-order valence-corrected chi connectivity index (χ0v) is 15.8. The van der Waals surface area contributed by atoms with E-state index in [1.54, 1.807) is 31.4 Å². The second-order valence-electron chi connectivity index (χ2n) is 5.60. The Labute approximate surface area is 161 Å². The molecular formula is C17H18N4O6S. The molecule has 148 valence electrons. The smallest absolute Gasteiger partial charge is 0.269 e. The third kappa shape index (κ3) is 5.59. The number of sulfonamides is 1. The number of hydrazone groups is 1. The Morgan fingerprint density at radius 2 is 1.79 bits per heavy atom. The van der Waals surface area contributed by atoms with Crippen molar-refractivity contribution in [2.24, 2.45) is 5.10 Å². The molecule has 1 amide bonds. The van der Waals surface area contributed by atoms with Gasteiger partial charge in [-0.15, -0.1) is 0 Å². The average molecular weight is 406 g/mol. The summed E-state index contributed by atoms with van der Waals surface area (Å²) in [4.78, 5) is 21.8. The number of nitro groups is 1. The maximum absolute atomic E-state index is 12.3. The van der Waals surface area contributed by atoms with Crippen molar-refractivity contribution in [1.82, 2.24) is 10.1 Å². The Kier molecular flexibility index (Phi) is 6.79. The molecule has 0 aliphatic carbocycles. The Bertz CT molecular complexity index is 972. The second kappa shape index (κ2) is 9.06. The minimum atomic E-state index is -4.03. The zero-order chi connectivity index (χ0) is 20.7. The number of hydrogen-bond acceptors (Lipinski definition) is 7. The Morgan fingerprint density at radius 1 is 1.18 bits per heavy atom. The van der Waals surface area contributed by atoms with Crippen molar-refractivity contribution < 1.29 is 22.9 Å². The fraction of sp³-hybridized carbons (Fsp3) is 0.176. The molecule has 2 aromatic carbocycles. The number of non-ortho nitro benzene ring substituents is 1. The molecule has 0 heterocycles. The average Bonchev–Trinajstić information content (AvgIpc) is 2.68. The summed E-state index contributed by atoms with van der Waals surface area (Å²) in [5, 5.41) is 14.4. The Balaban J connectivity index is 1.96. The van der Waals surface area contributed by atoms with Crippen LogP contribution >= 0.6 is 0 Å². The van der Waals surface area contributed by atoms with Crippen molar-refractivity contribution in [2.45, 2.75) is 17.9 Å². The Morgan fingerprint density at radius 3 is 2.32 bits per heavy atom. The molecule has 1 atom stereocenters. The minimum Gasteiger partial charge on any atom is -0.497 e. The van der Waals surface area contributed by atoms with Crippen molar-refractivity contribution >= 4 is 27.8 Å². The summed E-state index contributed by atoms with van der Waals surface area (Å²) in [5.41, 5.74) is 2.71. The molecule has 0 bridgehead atoms. The van der Waals surface area contributed by atoms with E-state index in [0.29, 0.717) is 11.3 Å². The van der Waals surface area contributed by atoms with Gasteiger partial charge in [-0.05, 0) is 48.9 Å². The monoisotopic (exact) mass is 406 g/mol. The maximum Gasteiger partial charge on any atom is 0.269 e. The number of amides is 1. The van der Waals surface area contributed by atoms with Crippen LogP contribution in [0.4, 0.5) is 5.69 Å². The van der Waals surface area contributed by atoms with Gasteiger partial charge in [0, 0.05) is 12.1 Å². The molecule has 0 aliphatic rings. The first kappa shape index (κ1) is 21.0. The fourth-order valence-corrected chi connectivity index (χ4v) is 3.26. The molecule has 0 fully saturated rings. The van der Waals surface area contributed by atoms with Crippen LogP contribution in [-0.4, -0.2) is 38.6 Å². The summed E-state index contributed by atoms with van der Waals surface area (Å²) in [5.74, 6) is 0.00528. The van der Waals surface area contributed by atoms with Crippen molar-refractivity contribution in [1.29, 1.82) is 0 Å². The van der Waals surface area contributed by atoms with Crippen LogP contribution in [0.1, 0.15) is 12.5 Å². The number of ether oxygens (including phenoxy) is 1. The van der Waals surface area contributed by atoms with Gasteiger partial charge < -0.3 is 4.74 Å². The van der Waals surface area contributed by atoms with Gasteiger partial charge >= 0.3 is 0 Å². The summed E-state index contributed by atoms with van der Waals surface area (Å²) in [6.07, 6.45) is 1.40. The summed E-state index contributed by atoms with van der Waals surface area (Å²) in [6.45, 7) is 1.35. The molecular weight excluding hydrogens is 388 g/mol. The number of rotatable bonds is 8. The predicted octanol–water partition coefficient (Wildman–Crippen LogP) is 1.42. The molecule has 28 heavy (non-hydrogen) atoms. The van der Waals surface area contributed by atoms with E-state index in [1.807, 2.05) is 0 Å². The molecule has 0 aromatic heterocycles. The number of benzene rings is 2. The van der Waals surface area contributed by atoms with Crippen LogP contribution in [-0.2, 0) is 14.8 Å². The van der Waals surface area contributed by atoms with Crippen LogP contribution in [0.25, 0.3) is 0 Å². The van der Waals surface area contributed by atoms with E-state index in [1.165, 1.54) is 13.1 Å². The van der Waals surface area contributed by atoms with Gasteiger partial charge in [-0.3, -0.25) is 14.9 Å². The van der Waals surface area contributed by atoms with Gasteiger partial charge in [0.25, 0.3) is 11.6 Å². The number of carbonyl (C=O) groups is 1. The van der Waals surface area contributed by atoms with Crippen molar-refractivity contribution in [3.8, 4) is 5.75 Å². The minimum absolute atomic E-state index is 0.195. The van der Waals surface area contributed by atoms with Gasteiger partial charge in [0.05, 0.1) is 29.2 Å². The topological polar surface area (TPSA) is 140 Å². The molecule has 0 unspecified atom stereocenters.